The van der Waals surface area contributed by atoms with Crippen LogP contribution in [-0.2, 0) is 4.79 Å². The van der Waals surface area contributed by atoms with Crippen LogP contribution in [-0.4, -0.2) is 27.0 Å². The molecule has 1 aromatic heterocycles. The van der Waals surface area contributed by atoms with Gasteiger partial charge in [-0.15, -0.1) is 0 Å². The van der Waals surface area contributed by atoms with Crippen LogP contribution < -0.4 is 5.32 Å². The van der Waals surface area contributed by atoms with Gasteiger partial charge >= 0.3 is 5.97 Å². The Morgan fingerprint density at radius 2 is 2.22 bits per heavy atom. The van der Waals surface area contributed by atoms with E-state index in [1.807, 2.05) is 13.8 Å². The Morgan fingerprint density at radius 1 is 1.56 bits per heavy atom. The lowest BCUT2D eigenvalue weighted by Gasteiger charge is -2.20. The molecule has 98 valence electrons. The van der Waals surface area contributed by atoms with Gasteiger partial charge in [0.25, 0.3) is 5.69 Å². The number of aromatic nitrogens is 1. The number of carboxylic acids is 1. The summed E-state index contributed by atoms with van der Waals surface area (Å²) in [5.41, 5.74) is -0.0973. The van der Waals surface area contributed by atoms with Crippen molar-refractivity contribution >= 4 is 17.5 Å². The number of hydrogen-bond donors (Lipinski definition) is 2. The Hall–Kier alpha value is -2.18. The number of pyridine rings is 1. The average Bonchev–Trinajstić information content (AvgIpc) is 2.28. The third-order valence-electron chi connectivity index (χ3n) is 2.49. The first-order chi connectivity index (χ1) is 8.40. The molecule has 0 aliphatic heterocycles. The van der Waals surface area contributed by atoms with E-state index in [1.165, 1.54) is 12.1 Å². The van der Waals surface area contributed by atoms with Crippen LogP contribution >= 0.6 is 0 Å². The van der Waals surface area contributed by atoms with Crippen molar-refractivity contribution < 1.29 is 14.8 Å². The van der Waals surface area contributed by atoms with Crippen LogP contribution in [0.15, 0.2) is 18.3 Å². The van der Waals surface area contributed by atoms with Gasteiger partial charge in [-0.25, -0.2) is 4.98 Å². The quantitative estimate of drug-likeness (QED) is 0.592. The second-order valence-corrected chi connectivity index (χ2v) is 4.25. The summed E-state index contributed by atoms with van der Waals surface area (Å²) in [5.74, 6) is -0.359. The molecular formula is C11H15N3O4. The van der Waals surface area contributed by atoms with Gasteiger partial charge in [-0.2, -0.15) is 0 Å². The van der Waals surface area contributed by atoms with Crippen LogP contribution in [0.2, 0.25) is 0 Å². The van der Waals surface area contributed by atoms with Gasteiger partial charge in [0.2, 0.25) is 0 Å². The highest BCUT2D eigenvalue weighted by molar-refractivity contribution is 5.68. The zero-order valence-corrected chi connectivity index (χ0v) is 10.2. The van der Waals surface area contributed by atoms with Crippen molar-refractivity contribution in [1.82, 2.24) is 4.98 Å². The molecule has 1 unspecified atom stereocenters. The molecule has 0 fully saturated rings. The minimum Gasteiger partial charge on any atom is -0.481 e. The van der Waals surface area contributed by atoms with Crippen molar-refractivity contribution in [2.45, 2.75) is 26.3 Å². The van der Waals surface area contributed by atoms with E-state index < -0.39 is 10.9 Å². The molecule has 0 amide bonds. The maximum absolute atomic E-state index is 10.7. The smallest absolute Gasteiger partial charge is 0.305 e. The van der Waals surface area contributed by atoms with Crippen molar-refractivity contribution in [3.63, 3.8) is 0 Å². The molecule has 0 aliphatic carbocycles. The van der Waals surface area contributed by atoms with Crippen molar-refractivity contribution in [3.05, 3.63) is 28.4 Å². The standard InChI is InChI=1S/C11H15N3O4/c1-7(2)9(5-11(15)16)13-10-4-3-8(6-12-10)14(17)18/h3-4,6-7,9H,5H2,1-2H3,(H,12,13)(H,15,16). The van der Waals surface area contributed by atoms with Crippen LogP contribution in [0.5, 0.6) is 0 Å². The van der Waals surface area contributed by atoms with E-state index in [2.05, 4.69) is 10.3 Å². The molecule has 18 heavy (non-hydrogen) atoms. The summed E-state index contributed by atoms with van der Waals surface area (Å²) in [6.07, 6.45) is 1.11. The summed E-state index contributed by atoms with van der Waals surface area (Å²) in [4.78, 5) is 24.5. The molecule has 0 spiro atoms. The molecule has 7 heteroatoms. The highest BCUT2D eigenvalue weighted by atomic mass is 16.6. The predicted molar refractivity (Wildman–Crippen MR) is 65.4 cm³/mol. The first kappa shape index (κ1) is 13.9. The summed E-state index contributed by atoms with van der Waals surface area (Å²) < 4.78 is 0. The Kier molecular flexibility index (Phi) is 4.59. The van der Waals surface area contributed by atoms with E-state index in [0.29, 0.717) is 5.82 Å². The number of carboxylic acid groups (broad SMARTS) is 1. The Labute approximate surface area is 104 Å². The highest BCUT2D eigenvalue weighted by Gasteiger charge is 2.17. The fourth-order valence-electron chi connectivity index (χ4n) is 1.41. The van der Waals surface area contributed by atoms with Crippen LogP contribution in [0, 0.1) is 16.0 Å². The second kappa shape index (κ2) is 5.95. The Bertz CT molecular complexity index is 430. The number of nitrogens with one attached hydrogen (secondary N) is 1. The van der Waals surface area contributed by atoms with Gasteiger partial charge in [0.15, 0.2) is 0 Å². The lowest BCUT2D eigenvalue weighted by molar-refractivity contribution is -0.385. The van der Waals surface area contributed by atoms with Gasteiger partial charge < -0.3 is 10.4 Å². The predicted octanol–water partition coefficient (Wildman–Crippen LogP) is 1.90. The van der Waals surface area contributed by atoms with Gasteiger partial charge in [-0.05, 0) is 12.0 Å². The van der Waals surface area contributed by atoms with Gasteiger partial charge in [0, 0.05) is 12.1 Å². The summed E-state index contributed by atoms with van der Waals surface area (Å²) in [7, 11) is 0. The largest absolute Gasteiger partial charge is 0.481 e. The van der Waals surface area contributed by atoms with Crippen molar-refractivity contribution in [2.24, 2.45) is 5.92 Å². The molecule has 0 saturated heterocycles. The number of carbonyl (C=O) groups is 1. The number of rotatable bonds is 6. The van der Waals surface area contributed by atoms with Crippen LogP contribution in [0.4, 0.5) is 11.5 Å². The number of aliphatic carboxylic acids is 1. The van der Waals surface area contributed by atoms with Crippen LogP contribution in [0.25, 0.3) is 0 Å². The monoisotopic (exact) mass is 253 g/mol. The molecule has 7 nitrogen and oxygen atoms in total. The number of anilines is 1. The van der Waals surface area contributed by atoms with Crippen molar-refractivity contribution in [3.8, 4) is 0 Å². The van der Waals surface area contributed by atoms with E-state index in [4.69, 9.17) is 5.11 Å². The van der Waals surface area contributed by atoms with E-state index in [1.54, 1.807) is 0 Å². The first-order valence-corrected chi connectivity index (χ1v) is 5.49. The average molecular weight is 253 g/mol. The summed E-state index contributed by atoms with van der Waals surface area (Å²) >= 11 is 0. The minimum absolute atomic E-state index is 0.0314. The van der Waals surface area contributed by atoms with Gasteiger partial charge in [-0.1, -0.05) is 13.8 Å². The second-order valence-electron chi connectivity index (χ2n) is 4.25. The van der Waals surface area contributed by atoms with E-state index in [0.717, 1.165) is 6.20 Å². The number of nitro groups is 1. The maximum Gasteiger partial charge on any atom is 0.305 e. The van der Waals surface area contributed by atoms with Crippen LogP contribution in [0.1, 0.15) is 20.3 Å². The van der Waals surface area contributed by atoms with E-state index in [-0.39, 0.29) is 24.1 Å². The number of hydrogen-bond acceptors (Lipinski definition) is 5. The minimum atomic E-state index is -0.900. The summed E-state index contributed by atoms with van der Waals surface area (Å²) in [6.45, 7) is 3.79. The Morgan fingerprint density at radius 3 is 2.61 bits per heavy atom. The third kappa shape index (κ3) is 4.00. The molecule has 1 rings (SSSR count). The zero-order valence-electron chi connectivity index (χ0n) is 10.2. The molecule has 0 saturated carbocycles. The fraction of sp³-hybridized carbons (Fsp3) is 0.455. The summed E-state index contributed by atoms with van der Waals surface area (Å²) in [5, 5.41) is 22.2. The zero-order chi connectivity index (χ0) is 13.7. The van der Waals surface area contributed by atoms with Gasteiger partial charge in [0.05, 0.1) is 11.3 Å². The van der Waals surface area contributed by atoms with Crippen molar-refractivity contribution in [2.75, 3.05) is 5.32 Å². The molecule has 1 atom stereocenters. The van der Waals surface area contributed by atoms with E-state index in [9.17, 15) is 14.9 Å². The molecule has 2 N–H and O–H groups in total. The van der Waals surface area contributed by atoms with Crippen molar-refractivity contribution in [1.29, 1.82) is 0 Å². The lowest BCUT2D eigenvalue weighted by atomic mass is 10.0. The molecule has 0 bridgehead atoms. The topological polar surface area (TPSA) is 105 Å². The van der Waals surface area contributed by atoms with E-state index >= 15 is 0 Å². The van der Waals surface area contributed by atoms with Gasteiger partial charge in [0.1, 0.15) is 12.0 Å². The Balaban J connectivity index is 2.74. The normalized spacial score (nSPS) is 12.2. The fourth-order valence-corrected chi connectivity index (χ4v) is 1.41. The highest BCUT2D eigenvalue weighted by Crippen LogP contribution is 2.16. The molecule has 1 heterocycles. The molecular weight excluding hydrogens is 238 g/mol. The SMILES string of the molecule is CC(C)C(CC(=O)O)Nc1ccc([N+](=O)[O-])cn1. The lowest BCUT2D eigenvalue weighted by Crippen LogP contribution is -2.28. The molecule has 0 aromatic carbocycles. The molecule has 1 aromatic rings. The number of nitrogens with zero attached hydrogens (tertiary/aromatic N) is 2. The maximum atomic E-state index is 10.7. The van der Waals surface area contributed by atoms with Gasteiger partial charge in [-0.3, -0.25) is 14.9 Å². The first-order valence-electron chi connectivity index (χ1n) is 5.49. The molecule has 0 aliphatic rings. The third-order valence-corrected chi connectivity index (χ3v) is 2.49. The molecule has 0 radical (unpaired) electrons. The summed E-state index contributed by atoms with van der Waals surface area (Å²) in [6, 6.07) is 2.53. The van der Waals surface area contributed by atoms with Crippen LogP contribution in [0.3, 0.4) is 0 Å².